The number of carbonyl (C=O) groups excluding carboxylic acids is 1. The van der Waals surface area contributed by atoms with Crippen LogP contribution < -0.4 is 10.6 Å². The number of nitrogens with one attached hydrogen (secondary N) is 2. The van der Waals surface area contributed by atoms with Gasteiger partial charge in [0.25, 0.3) is 0 Å². The summed E-state index contributed by atoms with van der Waals surface area (Å²) >= 11 is 0. The van der Waals surface area contributed by atoms with Crippen LogP contribution in [0.5, 0.6) is 0 Å². The van der Waals surface area contributed by atoms with Gasteiger partial charge in [0.15, 0.2) is 0 Å². The van der Waals surface area contributed by atoms with Crippen LogP contribution in [0, 0.1) is 5.92 Å². The molecule has 1 aromatic carbocycles. The van der Waals surface area contributed by atoms with Crippen LogP contribution in [0.3, 0.4) is 0 Å². The number of benzene rings is 1. The SMILES string of the molecule is Cl.Cl.O=C(NCCCn1ccc2ccccc21)C1CCCNC1. The maximum absolute atomic E-state index is 12.0. The lowest BCUT2D eigenvalue weighted by Crippen LogP contribution is -2.40. The van der Waals surface area contributed by atoms with Crippen molar-refractivity contribution < 1.29 is 4.79 Å². The predicted octanol–water partition coefficient (Wildman–Crippen LogP) is 2.99. The Balaban J connectivity index is 0.00000132. The third-order valence-electron chi connectivity index (χ3n) is 4.22. The molecule has 1 atom stereocenters. The Labute approximate surface area is 149 Å². The highest BCUT2D eigenvalue weighted by molar-refractivity contribution is 5.85. The second kappa shape index (κ2) is 9.81. The van der Waals surface area contributed by atoms with E-state index in [0.717, 1.165) is 45.4 Å². The molecule has 0 aliphatic carbocycles. The van der Waals surface area contributed by atoms with Crippen molar-refractivity contribution in [3.05, 3.63) is 36.5 Å². The van der Waals surface area contributed by atoms with Gasteiger partial charge in [-0.2, -0.15) is 0 Å². The first-order chi connectivity index (χ1) is 10.3. The van der Waals surface area contributed by atoms with Gasteiger partial charge in [-0.05, 0) is 43.3 Å². The average Bonchev–Trinajstić information content (AvgIpc) is 2.95. The van der Waals surface area contributed by atoms with Crippen LogP contribution >= 0.6 is 24.8 Å². The van der Waals surface area contributed by atoms with E-state index in [0.29, 0.717) is 0 Å². The summed E-state index contributed by atoms with van der Waals surface area (Å²) in [4.78, 5) is 12.0. The molecule has 0 radical (unpaired) electrons. The first-order valence-electron chi connectivity index (χ1n) is 7.87. The standard InChI is InChI=1S/C17H23N3O.2ClH/c21-17(15-6-3-9-18-13-15)19-10-4-11-20-12-8-14-5-1-2-7-16(14)20;;/h1-2,5,7-8,12,15,18H,3-4,6,9-11,13H2,(H,19,21);2*1H. The number of piperidine rings is 1. The van der Waals surface area contributed by atoms with Crippen molar-refractivity contribution in [1.82, 2.24) is 15.2 Å². The number of halogens is 2. The minimum atomic E-state index is 0. The number of fused-ring (bicyclic) bond motifs is 1. The summed E-state index contributed by atoms with van der Waals surface area (Å²) in [6, 6.07) is 10.5. The maximum atomic E-state index is 12.0. The normalized spacial score (nSPS) is 17.1. The molecule has 1 aliphatic heterocycles. The number of aryl methyl sites for hydroxylation is 1. The van der Waals surface area contributed by atoms with Crippen molar-refractivity contribution in [3.63, 3.8) is 0 Å². The molecule has 0 saturated carbocycles. The van der Waals surface area contributed by atoms with E-state index in [1.165, 1.54) is 10.9 Å². The van der Waals surface area contributed by atoms with Gasteiger partial charge in [-0.3, -0.25) is 4.79 Å². The molecule has 1 unspecified atom stereocenters. The molecular formula is C17H25Cl2N3O. The summed E-state index contributed by atoms with van der Waals surface area (Å²) in [6.45, 7) is 3.57. The van der Waals surface area contributed by atoms with Crippen molar-refractivity contribution in [2.75, 3.05) is 19.6 Å². The fourth-order valence-electron chi connectivity index (χ4n) is 3.02. The molecule has 23 heavy (non-hydrogen) atoms. The molecule has 0 spiro atoms. The van der Waals surface area contributed by atoms with Crippen LogP contribution in [0.15, 0.2) is 36.5 Å². The number of hydrogen-bond acceptors (Lipinski definition) is 2. The van der Waals surface area contributed by atoms with E-state index in [1.54, 1.807) is 0 Å². The molecule has 3 rings (SSSR count). The molecule has 1 fully saturated rings. The van der Waals surface area contributed by atoms with Gasteiger partial charge in [-0.1, -0.05) is 18.2 Å². The molecule has 4 nitrogen and oxygen atoms in total. The van der Waals surface area contributed by atoms with Crippen LogP contribution in [-0.2, 0) is 11.3 Å². The second-order valence-corrected chi connectivity index (χ2v) is 5.76. The van der Waals surface area contributed by atoms with Crippen LogP contribution in [0.4, 0.5) is 0 Å². The summed E-state index contributed by atoms with van der Waals surface area (Å²) in [6.07, 6.45) is 5.20. The molecule has 1 aromatic heterocycles. The monoisotopic (exact) mass is 357 g/mol. The lowest BCUT2D eigenvalue weighted by molar-refractivity contribution is -0.125. The number of rotatable bonds is 5. The second-order valence-electron chi connectivity index (χ2n) is 5.76. The van der Waals surface area contributed by atoms with Gasteiger partial charge in [0.05, 0.1) is 5.92 Å². The predicted molar refractivity (Wildman–Crippen MR) is 99.7 cm³/mol. The number of aromatic nitrogens is 1. The van der Waals surface area contributed by atoms with Gasteiger partial charge in [0, 0.05) is 31.3 Å². The fraction of sp³-hybridized carbons (Fsp3) is 0.471. The number of para-hydroxylation sites is 1. The quantitative estimate of drug-likeness (QED) is 0.808. The lowest BCUT2D eigenvalue weighted by Gasteiger charge is -2.21. The molecule has 1 saturated heterocycles. The van der Waals surface area contributed by atoms with Crippen LogP contribution in [0.1, 0.15) is 19.3 Å². The minimum absolute atomic E-state index is 0. The molecule has 1 amide bonds. The Kier molecular flexibility index (Phi) is 8.45. The third kappa shape index (κ3) is 5.13. The average molecular weight is 358 g/mol. The third-order valence-corrected chi connectivity index (χ3v) is 4.22. The Bertz CT molecular complexity index is 609. The van der Waals surface area contributed by atoms with Gasteiger partial charge in [0.1, 0.15) is 0 Å². The lowest BCUT2D eigenvalue weighted by atomic mass is 9.99. The summed E-state index contributed by atoms with van der Waals surface area (Å²) in [7, 11) is 0. The molecule has 1 aliphatic rings. The molecule has 6 heteroatoms. The smallest absolute Gasteiger partial charge is 0.224 e. The van der Waals surface area contributed by atoms with Crippen molar-refractivity contribution >= 4 is 41.6 Å². The molecular weight excluding hydrogens is 333 g/mol. The zero-order valence-electron chi connectivity index (χ0n) is 13.2. The fourth-order valence-corrected chi connectivity index (χ4v) is 3.02. The largest absolute Gasteiger partial charge is 0.356 e. The first-order valence-corrected chi connectivity index (χ1v) is 7.87. The number of carbonyl (C=O) groups is 1. The zero-order valence-corrected chi connectivity index (χ0v) is 14.8. The van der Waals surface area contributed by atoms with E-state index in [1.807, 2.05) is 0 Å². The molecule has 2 N–H and O–H groups in total. The minimum Gasteiger partial charge on any atom is -0.356 e. The highest BCUT2D eigenvalue weighted by Gasteiger charge is 2.19. The van der Waals surface area contributed by atoms with Crippen LogP contribution in [0.25, 0.3) is 10.9 Å². The Morgan fingerprint density at radius 3 is 2.87 bits per heavy atom. The summed E-state index contributed by atoms with van der Waals surface area (Å²) in [5.41, 5.74) is 1.26. The number of hydrogen-bond donors (Lipinski definition) is 2. The Morgan fingerprint density at radius 2 is 2.09 bits per heavy atom. The van der Waals surface area contributed by atoms with E-state index in [-0.39, 0.29) is 36.6 Å². The van der Waals surface area contributed by atoms with E-state index < -0.39 is 0 Å². The number of amides is 1. The molecule has 0 bridgehead atoms. The first kappa shape index (κ1) is 19.8. The van der Waals surface area contributed by atoms with Gasteiger partial charge in [0.2, 0.25) is 5.91 Å². The Hall–Kier alpha value is -1.23. The molecule has 2 aromatic rings. The summed E-state index contributed by atoms with van der Waals surface area (Å²) in [5, 5.41) is 7.63. The van der Waals surface area contributed by atoms with Crippen molar-refractivity contribution in [3.8, 4) is 0 Å². The van der Waals surface area contributed by atoms with Crippen LogP contribution in [-0.4, -0.2) is 30.1 Å². The Morgan fingerprint density at radius 1 is 1.26 bits per heavy atom. The van der Waals surface area contributed by atoms with E-state index in [9.17, 15) is 4.79 Å². The van der Waals surface area contributed by atoms with Gasteiger partial charge in [-0.15, -0.1) is 24.8 Å². The van der Waals surface area contributed by atoms with Gasteiger partial charge >= 0.3 is 0 Å². The molecule has 128 valence electrons. The summed E-state index contributed by atoms with van der Waals surface area (Å²) < 4.78 is 2.25. The van der Waals surface area contributed by atoms with E-state index in [4.69, 9.17) is 0 Å². The molecule has 2 heterocycles. The zero-order chi connectivity index (χ0) is 14.5. The number of nitrogens with zero attached hydrogens (tertiary/aromatic N) is 1. The van der Waals surface area contributed by atoms with E-state index >= 15 is 0 Å². The van der Waals surface area contributed by atoms with Crippen molar-refractivity contribution in [2.45, 2.75) is 25.8 Å². The topological polar surface area (TPSA) is 46.1 Å². The highest BCUT2D eigenvalue weighted by Crippen LogP contribution is 2.15. The maximum Gasteiger partial charge on any atom is 0.224 e. The van der Waals surface area contributed by atoms with E-state index in [2.05, 4.69) is 51.7 Å². The van der Waals surface area contributed by atoms with Gasteiger partial charge < -0.3 is 15.2 Å². The highest BCUT2D eigenvalue weighted by atomic mass is 35.5. The van der Waals surface area contributed by atoms with Crippen molar-refractivity contribution in [2.24, 2.45) is 5.92 Å². The van der Waals surface area contributed by atoms with Crippen LogP contribution in [0.2, 0.25) is 0 Å². The van der Waals surface area contributed by atoms with Gasteiger partial charge in [-0.25, -0.2) is 0 Å². The summed E-state index contributed by atoms with van der Waals surface area (Å²) in [5.74, 6) is 0.366. The van der Waals surface area contributed by atoms with Crippen molar-refractivity contribution in [1.29, 1.82) is 0 Å².